The highest BCUT2D eigenvalue weighted by molar-refractivity contribution is 6.30. The molecule has 8 heteroatoms. The topological polar surface area (TPSA) is 70.5 Å². The molecular weight excluding hydrogens is 426 g/mol. The van der Waals surface area contributed by atoms with Crippen LogP contribution in [0.25, 0.3) is 11.0 Å². The number of piperazine rings is 1. The Morgan fingerprint density at radius 1 is 1.06 bits per heavy atom. The molecule has 0 atom stereocenters. The molecule has 4 rings (SSSR count). The second-order valence-electron chi connectivity index (χ2n) is 8.51. The standard InChI is InChI=1S/C24H28ClN5O2/c1-16(2)23(31)26-19-8-9-21-20(14-19)27-22(28(21)3)15-29-10-12-30(13-11-29)24(32)17-4-6-18(25)7-5-17/h4-9,14,16H,10-13,15H2,1-3H3,(H,26,31). The van der Waals surface area contributed by atoms with Crippen molar-refractivity contribution in [2.75, 3.05) is 31.5 Å². The summed E-state index contributed by atoms with van der Waals surface area (Å²) in [6.45, 7) is 7.39. The zero-order chi connectivity index (χ0) is 22.8. The van der Waals surface area contributed by atoms with Gasteiger partial charge in [0.15, 0.2) is 0 Å². The molecule has 1 N–H and O–H groups in total. The molecule has 0 radical (unpaired) electrons. The van der Waals surface area contributed by atoms with Crippen molar-refractivity contribution < 1.29 is 9.59 Å². The molecule has 3 aromatic rings. The molecule has 1 aromatic heterocycles. The molecule has 1 saturated heterocycles. The van der Waals surface area contributed by atoms with Crippen LogP contribution in [0.1, 0.15) is 30.0 Å². The third-order valence-corrected chi connectivity index (χ3v) is 6.13. The summed E-state index contributed by atoms with van der Waals surface area (Å²) in [5, 5.41) is 3.56. The number of anilines is 1. The summed E-state index contributed by atoms with van der Waals surface area (Å²) in [6.07, 6.45) is 0. The molecular formula is C24H28ClN5O2. The summed E-state index contributed by atoms with van der Waals surface area (Å²) in [4.78, 5) is 33.7. The van der Waals surface area contributed by atoms with Gasteiger partial charge in [0.25, 0.3) is 5.91 Å². The van der Waals surface area contributed by atoms with Crippen LogP contribution in [0.15, 0.2) is 42.5 Å². The van der Waals surface area contributed by atoms with E-state index in [9.17, 15) is 9.59 Å². The van der Waals surface area contributed by atoms with Crippen molar-refractivity contribution in [2.45, 2.75) is 20.4 Å². The Hall–Kier alpha value is -2.90. The lowest BCUT2D eigenvalue weighted by Gasteiger charge is -2.34. The fraction of sp³-hybridized carbons (Fsp3) is 0.375. The molecule has 2 aromatic carbocycles. The maximum Gasteiger partial charge on any atom is 0.253 e. The Morgan fingerprint density at radius 2 is 1.75 bits per heavy atom. The van der Waals surface area contributed by atoms with Crippen molar-refractivity contribution in [3.05, 3.63) is 58.9 Å². The van der Waals surface area contributed by atoms with E-state index in [0.29, 0.717) is 30.2 Å². The third-order valence-electron chi connectivity index (χ3n) is 5.88. The number of nitrogens with one attached hydrogen (secondary N) is 1. The van der Waals surface area contributed by atoms with Crippen LogP contribution in [0.5, 0.6) is 0 Å². The summed E-state index contributed by atoms with van der Waals surface area (Å²) < 4.78 is 2.09. The van der Waals surface area contributed by atoms with E-state index < -0.39 is 0 Å². The lowest BCUT2D eigenvalue weighted by atomic mass is 10.2. The number of halogens is 1. The number of aryl methyl sites for hydroxylation is 1. The highest BCUT2D eigenvalue weighted by atomic mass is 35.5. The minimum Gasteiger partial charge on any atom is -0.336 e. The van der Waals surface area contributed by atoms with Crippen molar-refractivity contribution in [3.8, 4) is 0 Å². The summed E-state index contributed by atoms with van der Waals surface area (Å²) in [6, 6.07) is 12.9. The number of nitrogens with zero attached hydrogens (tertiary/aromatic N) is 4. The van der Waals surface area contributed by atoms with Gasteiger partial charge < -0.3 is 14.8 Å². The van der Waals surface area contributed by atoms with Crippen LogP contribution < -0.4 is 5.32 Å². The van der Waals surface area contributed by atoms with E-state index in [1.807, 2.05) is 44.0 Å². The minimum absolute atomic E-state index is 0.00785. The van der Waals surface area contributed by atoms with Gasteiger partial charge in [-0.1, -0.05) is 25.4 Å². The highest BCUT2D eigenvalue weighted by Crippen LogP contribution is 2.21. The van der Waals surface area contributed by atoms with Gasteiger partial charge in [0, 0.05) is 55.4 Å². The molecule has 0 bridgehead atoms. The predicted molar refractivity (Wildman–Crippen MR) is 127 cm³/mol. The third kappa shape index (κ3) is 4.79. The second-order valence-corrected chi connectivity index (χ2v) is 8.95. The Balaban J connectivity index is 1.39. The fourth-order valence-corrected chi connectivity index (χ4v) is 3.97. The molecule has 1 fully saturated rings. The van der Waals surface area contributed by atoms with E-state index in [1.165, 1.54) is 0 Å². The van der Waals surface area contributed by atoms with Gasteiger partial charge in [-0.25, -0.2) is 4.98 Å². The molecule has 1 aliphatic heterocycles. The quantitative estimate of drug-likeness (QED) is 0.638. The Kier molecular flexibility index (Phi) is 6.48. The molecule has 1 aliphatic rings. The number of aromatic nitrogens is 2. The first kappa shape index (κ1) is 22.3. The molecule has 168 valence electrons. The van der Waals surface area contributed by atoms with Crippen molar-refractivity contribution in [3.63, 3.8) is 0 Å². The smallest absolute Gasteiger partial charge is 0.253 e. The number of fused-ring (bicyclic) bond motifs is 1. The molecule has 2 heterocycles. The predicted octanol–water partition coefficient (Wildman–Crippen LogP) is 3.78. The molecule has 32 heavy (non-hydrogen) atoms. The first-order valence-electron chi connectivity index (χ1n) is 10.8. The van der Waals surface area contributed by atoms with Crippen LogP contribution in [0.3, 0.4) is 0 Å². The van der Waals surface area contributed by atoms with E-state index in [2.05, 4.69) is 14.8 Å². The number of hydrogen-bond acceptors (Lipinski definition) is 4. The lowest BCUT2D eigenvalue weighted by molar-refractivity contribution is -0.118. The number of rotatable bonds is 5. The molecule has 0 saturated carbocycles. The van der Waals surface area contributed by atoms with Crippen LogP contribution in [-0.4, -0.2) is 57.3 Å². The van der Waals surface area contributed by atoms with Crippen LogP contribution in [0.2, 0.25) is 5.02 Å². The Labute approximate surface area is 193 Å². The summed E-state index contributed by atoms with van der Waals surface area (Å²) >= 11 is 5.93. The van der Waals surface area contributed by atoms with Gasteiger partial charge in [0.2, 0.25) is 5.91 Å². The van der Waals surface area contributed by atoms with Gasteiger partial charge in [0.05, 0.1) is 17.6 Å². The normalized spacial score (nSPS) is 14.8. The minimum atomic E-state index is -0.0739. The molecule has 0 spiro atoms. The summed E-state index contributed by atoms with van der Waals surface area (Å²) in [7, 11) is 2.01. The maximum atomic E-state index is 12.7. The van der Waals surface area contributed by atoms with Crippen molar-refractivity contribution in [2.24, 2.45) is 13.0 Å². The average Bonchev–Trinajstić information content (AvgIpc) is 3.08. The molecule has 7 nitrogen and oxygen atoms in total. The van der Waals surface area contributed by atoms with Crippen LogP contribution >= 0.6 is 11.6 Å². The average molecular weight is 454 g/mol. The van der Waals surface area contributed by atoms with Gasteiger partial charge >= 0.3 is 0 Å². The van der Waals surface area contributed by atoms with Crippen molar-refractivity contribution in [1.82, 2.24) is 19.4 Å². The fourth-order valence-electron chi connectivity index (χ4n) is 3.84. The lowest BCUT2D eigenvalue weighted by Crippen LogP contribution is -2.48. The number of hydrogen-bond donors (Lipinski definition) is 1. The van der Waals surface area contributed by atoms with Crippen LogP contribution in [0, 0.1) is 5.92 Å². The molecule has 0 unspecified atom stereocenters. The number of imidazole rings is 1. The van der Waals surface area contributed by atoms with Gasteiger partial charge in [-0.3, -0.25) is 14.5 Å². The van der Waals surface area contributed by atoms with E-state index in [-0.39, 0.29) is 17.7 Å². The highest BCUT2D eigenvalue weighted by Gasteiger charge is 2.23. The first-order chi connectivity index (χ1) is 15.3. The van der Waals surface area contributed by atoms with E-state index in [4.69, 9.17) is 16.6 Å². The van der Waals surface area contributed by atoms with Crippen molar-refractivity contribution in [1.29, 1.82) is 0 Å². The largest absolute Gasteiger partial charge is 0.336 e. The maximum absolute atomic E-state index is 12.7. The number of carbonyl (C=O) groups is 2. The van der Waals surface area contributed by atoms with Crippen LogP contribution in [-0.2, 0) is 18.4 Å². The molecule has 2 amide bonds. The van der Waals surface area contributed by atoms with Gasteiger partial charge in [-0.2, -0.15) is 0 Å². The SMILES string of the molecule is CC(C)C(=O)Nc1ccc2c(c1)nc(CN1CCN(C(=O)c3ccc(Cl)cc3)CC1)n2C. The molecule has 0 aliphatic carbocycles. The van der Waals surface area contributed by atoms with Gasteiger partial charge in [-0.15, -0.1) is 0 Å². The summed E-state index contributed by atoms with van der Waals surface area (Å²) in [5.41, 5.74) is 3.31. The van der Waals surface area contributed by atoms with Crippen LogP contribution in [0.4, 0.5) is 5.69 Å². The zero-order valence-corrected chi connectivity index (χ0v) is 19.4. The van der Waals surface area contributed by atoms with Gasteiger partial charge in [0.1, 0.15) is 5.82 Å². The number of amides is 2. The second kappa shape index (κ2) is 9.30. The number of carbonyl (C=O) groups excluding carboxylic acids is 2. The number of benzene rings is 2. The monoisotopic (exact) mass is 453 g/mol. The van der Waals surface area contributed by atoms with E-state index >= 15 is 0 Å². The summed E-state index contributed by atoms with van der Waals surface area (Å²) in [5.74, 6) is 0.923. The Morgan fingerprint density at radius 3 is 2.41 bits per heavy atom. The zero-order valence-electron chi connectivity index (χ0n) is 18.6. The van der Waals surface area contributed by atoms with E-state index in [0.717, 1.165) is 35.6 Å². The van der Waals surface area contributed by atoms with Crippen molar-refractivity contribution >= 4 is 40.1 Å². The van der Waals surface area contributed by atoms with E-state index in [1.54, 1.807) is 24.3 Å². The van der Waals surface area contributed by atoms with Gasteiger partial charge in [-0.05, 0) is 42.5 Å². The first-order valence-corrected chi connectivity index (χ1v) is 11.2. The Bertz CT molecular complexity index is 1130.